The number of carbonyl (C=O) groups excluding carboxylic acids is 1. The predicted octanol–water partition coefficient (Wildman–Crippen LogP) is 3.73. The number of rotatable bonds is 5. The largest absolute Gasteiger partial charge is 0.453 e. The molecule has 2 heterocycles. The molecule has 1 aromatic carbocycles. The van der Waals surface area contributed by atoms with Gasteiger partial charge in [-0.1, -0.05) is 30.0 Å². The number of pyridine rings is 1. The first-order valence-electron chi connectivity index (χ1n) is 7.80. The number of benzene rings is 1. The van der Waals surface area contributed by atoms with Crippen molar-refractivity contribution in [3.8, 4) is 0 Å². The van der Waals surface area contributed by atoms with E-state index in [0.29, 0.717) is 12.4 Å². The molecule has 0 aliphatic heterocycles. The van der Waals surface area contributed by atoms with E-state index in [-0.39, 0.29) is 0 Å². The molecule has 0 atom stereocenters. The number of amides is 1. The third kappa shape index (κ3) is 4.12. The maximum Gasteiger partial charge on any atom is 0.412 e. The lowest BCUT2D eigenvalue weighted by Crippen LogP contribution is -2.17. The number of imidazole rings is 1. The van der Waals surface area contributed by atoms with Gasteiger partial charge in [0.2, 0.25) is 0 Å². The van der Waals surface area contributed by atoms with Crippen LogP contribution in [0.5, 0.6) is 0 Å². The van der Waals surface area contributed by atoms with Crippen LogP contribution >= 0.6 is 11.8 Å². The number of anilines is 1. The summed E-state index contributed by atoms with van der Waals surface area (Å²) in [7, 11) is 5.29. The van der Waals surface area contributed by atoms with Gasteiger partial charge < -0.3 is 9.64 Å². The predicted molar refractivity (Wildman–Crippen MR) is 99.2 cm³/mol. The average Bonchev–Trinajstić information content (AvgIpc) is 2.92. The van der Waals surface area contributed by atoms with Crippen molar-refractivity contribution in [3.63, 3.8) is 0 Å². The van der Waals surface area contributed by atoms with E-state index in [4.69, 9.17) is 4.74 Å². The van der Waals surface area contributed by atoms with Crippen LogP contribution in [0.2, 0.25) is 0 Å². The molecule has 25 heavy (non-hydrogen) atoms. The summed E-state index contributed by atoms with van der Waals surface area (Å²) in [4.78, 5) is 20.4. The molecule has 0 bridgehead atoms. The molecule has 0 fully saturated rings. The molecule has 0 aliphatic rings. The molecule has 0 aliphatic carbocycles. The number of methoxy groups -OCH3 is 1. The molecular formula is C18H20N4O2S. The fourth-order valence-electron chi connectivity index (χ4n) is 2.46. The van der Waals surface area contributed by atoms with E-state index in [1.54, 1.807) is 11.8 Å². The lowest BCUT2D eigenvalue weighted by atomic mass is 10.4. The van der Waals surface area contributed by atoms with Gasteiger partial charge in [-0.3, -0.25) is 9.72 Å². The Hall–Kier alpha value is -2.51. The summed E-state index contributed by atoms with van der Waals surface area (Å²) >= 11 is 1.68. The van der Waals surface area contributed by atoms with E-state index in [1.807, 2.05) is 59.9 Å². The van der Waals surface area contributed by atoms with Gasteiger partial charge in [0.15, 0.2) is 5.82 Å². The zero-order chi connectivity index (χ0) is 17.8. The molecule has 1 N–H and O–H groups in total. The van der Waals surface area contributed by atoms with E-state index >= 15 is 0 Å². The smallest absolute Gasteiger partial charge is 0.412 e. The van der Waals surface area contributed by atoms with Crippen LogP contribution < -0.4 is 5.32 Å². The van der Waals surface area contributed by atoms with E-state index in [2.05, 4.69) is 22.4 Å². The zero-order valence-corrected chi connectivity index (χ0v) is 15.2. The Morgan fingerprint density at radius 1 is 1.20 bits per heavy atom. The van der Waals surface area contributed by atoms with Crippen LogP contribution in [0, 0.1) is 0 Å². The highest BCUT2D eigenvalue weighted by atomic mass is 32.2. The number of ether oxygens (including phenoxy) is 1. The highest BCUT2D eigenvalue weighted by molar-refractivity contribution is 7.99. The molecule has 0 radical (unpaired) electrons. The van der Waals surface area contributed by atoms with E-state index in [1.165, 1.54) is 12.0 Å². The van der Waals surface area contributed by atoms with Gasteiger partial charge in [0.25, 0.3) is 0 Å². The standard InChI is InChI=1S/C18H20N4O2S/c1-21(2)12-15-17(20-18(23)24-3)19-16-10-9-14(11-22(15)16)25-13-7-5-4-6-8-13/h4-11H,12H2,1-3H3,(H,20,23). The average molecular weight is 356 g/mol. The Labute approximate surface area is 150 Å². The fourth-order valence-corrected chi connectivity index (χ4v) is 3.32. The van der Waals surface area contributed by atoms with Gasteiger partial charge in [-0.15, -0.1) is 0 Å². The monoisotopic (exact) mass is 356 g/mol. The molecule has 3 aromatic rings. The number of nitrogens with one attached hydrogen (secondary N) is 1. The second kappa shape index (κ2) is 7.58. The van der Waals surface area contributed by atoms with Crippen molar-refractivity contribution in [3.05, 3.63) is 54.4 Å². The highest BCUT2D eigenvalue weighted by Gasteiger charge is 2.16. The first-order chi connectivity index (χ1) is 12.1. The Morgan fingerprint density at radius 3 is 2.64 bits per heavy atom. The van der Waals surface area contributed by atoms with Gasteiger partial charge in [-0.2, -0.15) is 0 Å². The van der Waals surface area contributed by atoms with Gasteiger partial charge in [0, 0.05) is 22.5 Å². The number of fused-ring (bicyclic) bond motifs is 1. The molecule has 0 saturated carbocycles. The minimum atomic E-state index is -0.526. The molecule has 6 nitrogen and oxygen atoms in total. The van der Waals surface area contributed by atoms with Crippen molar-refractivity contribution in [2.75, 3.05) is 26.5 Å². The molecule has 0 saturated heterocycles. The first-order valence-corrected chi connectivity index (χ1v) is 8.62. The number of hydrogen-bond donors (Lipinski definition) is 1. The van der Waals surface area contributed by atoms with Gasteiger partial charge in [-0.25, -0.2) is 9.78 Å². The topological polar surface area (TPSA) is 58.9 Å². The normalized spacial score (nSPS) is 11.0. The Kier molecular flexibility index (Phi) is 5.25. The minimum absolute atomic E-state index is 0.516. The highest BCUT2D eigenvalue weighted by Crippen LogP contribution is 2.29. The van der Waals surface area contributed by atoms with Gasteiger partial charge in [0.05, 0.1) is 12.8 Å². The molecule has 0 unspecified atom stereocenters. The van der Waals surface area contributed by atoms with Crippen molar-refractivity contribution in [2.24, 2.45) is 0 Å². The van der Waals surface area contributed by atoms with E-state index in [9.17, 15) is 4.79 Å². The molecular weight excluding hydrogens is 336 g/mol. The Balaban J connectivity index is 1.99. The number of nitrogens with zero attached hydrogens (tertiary/aromatic N) is 3. The van der Waals surface area contributed by atoms with Crippen molar-refractivity contribution >= 4 is 29.3 Å². The van der Waals surface area contributed by atoms with Gasteiger partial charge in [-0.05, 0) is 38.4 Å². The van der Waals surface area contributed by atoms with Gasteiger partial charge >= 0.3 is 6.09 Å². The summed E-state index contributed by atoms with van der Waals surface area (Å²) in [5.74, 6) is 0.516. The third-order valence-electron chi connectivity index (χ3n) is 3.54. The maximum absolute atomic E-state index is 11.6. The molecule has 130 valence electrons. The summed E-state index contributed by atoms with van der Waals surface area (Å²) < 4.78 is 6.71. The second-order valence-corrected chi connectivity index (χ2v) is 6.92. The maximum atomic E-state index is 11.6. The third-order valence-corrected chi connectivity index (χ3v) is 4.53. The zero-order valence-electron chi connectivity index (χ0n) is 14.4. The van der Waals surface area contributed by atoms with Crippen LogP contribution in [0.3, 0.4) is 0 Å². The van der Waals surface area contributed by atoms with Crippen molar-refractivity contribution < 1.29 is 9.53 Å². The van der Waals surface area contributed by atoms with E-state index < -0.39 is 6.09 Å². The minimum Gasteiger partial charge on any atom is -0.453 e. The SMILES string of the molecule is COC(=O)Nc1nc2ccc(Sc3ccccc3)cn2c1CN(C)C. The summed E-state index contributed by atoms with van der Waals surface area (Å²) in [6, 6.07) is 14.2. The summed E-state index contributed by atoms with van der Waals surface area (Å²) in [5, 5.41) is 2.70. The van der Waals surface area contributed by atoms with Crippen LogP contribution in [0.4, 0.5) is 10.6 Å². The van der Waals surface area contributed by atoms with Crippen molar-refractivity contribution in [1.29, 1.82) is 0 Å². The summed E-state index contributed by atoms with van der Waals surface area (Å²) in [5.41, 5.74) is 1.68. The van der Waals surface area contributed by atoms with Crippen LogP contribution in [0.25, 0.3) is 5.65 Å². The molecule has 2 aromatic heterocycles. The van der Waals surface area contributed by atoms with Crippen molar-refractivity contribution in [1.82, 2.24) is 14.3 Å². The quantitative estimate of drug-likeness (QED) is 0.755. The number of aromatic nitrogens is 2. The lowest BCUT2D eigenvalue weighted by molar-refractivity contribution is 0.186. The molecule has 7 heteroatoms. The first kappa shape index (κ1) is 17.3. The van der Waals surface area contributed by atoms with Crippen molar-refractivity contribution in [2.45, 2.75) is 16.3 Å². The van der Waals surface area contributed by atoms with Gasteiger partial charge in [0.1, 0.15) is 5.65 Å². The fraction of sp³-hybridized carbons (Fsp3) is 0.222. The van der Waals surface area contributed by atoms with Crippen LogP contribution in [0.15, 0.2) is 58.5 Å². The molecule has 0 spiro atoms. The lowest BCUT2D eigenvalue weighted by Gasteiger charge is -2.12. The number of carbonyl (C=O) groups is 1. The van der Waals surface area contributed by atoms with Crippen LogP contribution in [0.1, 0.15) is 5.69 Å². The Morgan fingerprint density at radius 2 is 1.96 bits per heavy atom. The Bertz CT molecular complexity index is 877. The van der Waals surface area contributed by atoms with E-state index in [0.717, 1.165) is 16.2 Å². The van der Waals surface area contributed by atoms with Crippen LogP contribution in [-0.4, -0.2) is 41.6 Å². The molecule has 3 rings (SSSR count). The number of hydrogen-bond acceptors (Lipinski definition) is 5. The molecule has 1 amide bonds. The summed E-state index contributed by atoms with van der Waals surface area (Å²) in [6.07, 6.45) is 1.52. The second-order valence-electron chi connectivity index (χ2n) is 5.77. The van der Waals surface area contributed by atoms with Crippen LogP contribution in [-0.2, 0) is 11.3 Å². The summed E-state index contributed by atoms with van der Waals surface area (Å²) in [6.45, 7) is 0.639.